The summed E-state index contributed by atoms with van der Waals surface area (Å²) in [5.74, 6) is 0. The molecule has 2 aromatic rings. The molecule has 0 bridgehead atoms. The van der Waals surface area contributed by atoms with Gasteiger partial charge in [0.1, 0.15) is 0 Å². The normalized spacial score (nSPS) is 11.8. The van der Waals surface area contributed by atoms with Crippen LogP contribution in [-0.4, -0.2) is 18.6 Å². The smallest absolute Gasteiger partial charge is 1.00 e. The molecule has 1 N–H and O–H groups in total. The minimum absolute atomic E-state index is 0. The van der Waals surface area contributed by atoms with Gasteiger partial charge in [-0.05, 0) is 13.8 Å². The summed E-state index contributed by atoms with van der Waals surface area (Å²) in [5, 5.41) is 2.70. The zero-order valence-corrected chi connectivity index (χ0v) is 18.9. The third-order valence-electron chi connectivity index (χ3n) is 3.41. The van der Waals surface area contributed by atoms with Crippen molar-refractivity contribution in [3.63, 3.8) is 0 Å². The van der Waals surface area contributed by atoms with Crippen molar-refractivity contribution in [2.45, 2.75) is 39.3 Å². The summed E-state index contributed by atoms with van der Waals surface area (Å²) >= 11 is 0. The third-order valence-corrected chi connectivity index (χ3v) is 4.79. The van der Waals surface area contributed by atoms with Crippen molar-refractivity contribution in [1.82, 2.24) is 4.98 Å². The third kappa shape index (κ3) is 6.86. The predicted octanol–water partition coefficient (Wildman–Crippen LogP) is -1.30. The van der Waals surface area contributed by atoms with Gasteiger partial charge < -0.3 is 29.8 Å². The topological polar surface area (TPSA) is 15.8 Å². The number of aromatic amines is 1. The Morgan fingerprint density at radius 2 is 1.67 bits per heavy atom. The van der Waals surface area contributed by atoms with Crippen LogP contribution < -0.4 is 24.8 Å². The fourth-order valence-electron chi connectivity index (χ4n) is 2.24. The number of fused-ring (bicyclic) bond motifs is 1. The van der Waals surface area contributed by atoms with E-state index in [1.54, 1.807) is 0 Å². The number of halogens is 2. The number of rotatable bonds is 0. The molecule has 0 saturated carbocycles. The van der Waals surface area contributed by atoms with E-state index in [0.717, 1.165) is 0 Å². The van der Waals surface area contributed by atoms with E-state index < -0.39 is 0 Å². The molecule has 0 radical (unpaired) electrons. The Balaban J connectivity index is 0. The largest absolute Gasteiger partial charge is 4.00 e. The van der Waals surface area contributed by atoms with Gasteiger partial charge in [-0.15, -0.1) is 29.4 Å². The minimum Gasteiger partial charge on any atom is -1.00 e. The van der Waals surface area contributed by atoms with Crippen molar-refractivity contribution >= 4 is 24.5 Å². The molecular formula is C19H23Cl2NSiTi. The molecule has 0 saturated heterocycles. The molecule has 0 amide bonds. The van der Waals surface area contributed by atoms with Gasteiger partial charge in [-0.2, -0.15) is 22.7 Å². The zero-order chi connectivity index (χ0) is 15.5. The Morgan fingerprint density at radius 3 is 2.12 bits per heavy atom. The molecule has 1 nitrogen and oxygen atoms in total. The second-order valence-electron chi connectivity index (χ2n) is 6.50. The number of hydrogen-bond acceptors (Lipinski definition) is 0. The molecule has 1 heterocycles. The number of para-hydroxylation sites is 1. The monoisotopic (exact) mass is 411 g/mol. The molecule has 0 aliphatic heterocycles. The first-order valence-electron chi connectivity index (χ1n) is 7.32. The summed E-state index contributed by atoms with van der Waals surface area (Å²) in [6.45, 7) is 11.2. The Bertz CT molecular complexity index is 706. The molecule has 1 aliphatic rings. The second kappa shape index (κ2) is 11.3. The van der Waals surface area contributed by atoms with Gasteiger partial charge in [0.25, 0.3) is 0 Å². The quantitative estimate of drug-likeness (QED) is 0.409. The van der Waals surface area contributed by atoms with Gasteiger partial charge in [0.2, 0.25) is 0 Å². The van der Waals surface area contributed by atoms with Crippen molar-refractivity contribution in [2.75, 3.05) is 0 Å². The summed E-state index contributed by atoms with van der Waals surface area (Å²) < 4.78 is 0. The average molecular weight is 412 g/mol. The van der Waals surface area contributed by atoms with Crippen LogP contribution in [0.4, 0.5) is 0 Å². The summed E-state index contributed by atoms with van der Waals surface area (Å²) in [4.78, 5) is 3.17. The van der Waals surface area contributed by atoms with Gasteiger partial charge in [0.05, 0.1) is 0 Å². The van der Waals surface area contributed by atoms with E-state index in [2.05, 4.69) is 75.4 Å². The fourth-order valence-corrected chi connectivity index (χ4v) is 3.04. The number of allylic oxidation sites excluding steroid dienone is 4. The molecule has 0 atom stereocenters. The van der Waals surface area contributed by atoms with Gasteiger partial charge in [-0.1, -0.05) is 46.0 Å². The summed E-state index contributed by atoms with van der Waals surface area (Å²) in [7, 11) is -0.225. The van der Waals surface area contributed by atoms with Crippen LogP contribution in [0.1, 0.15) is 26.3 Å². The first-order valence-corrected chi connectivity index (χ1v) is 9.82. The predicted molar refractivity (Wildman–Crippen MR) is 95.3 cm³/mol. The molecule has 126 valence electrons. The van der Waals surface area contributed by atoms with Gasteiger partial charge in [-0.25, -0.2) is 12.2 Å². The van der Waals surface area contributed by atoms with Gasteiger partial charge in [0, 0.05) is 0 Å². The fraction of sp³-hybridized carbons (Fsp3) is 0.316. The maximum absolute atomic E-state index is 3.23. The molecular weight excluding hydrogens is 389 g/mol. The van der Waals surface area contributed by atoms with Crippen molar-refractivity contribution in [2.24, 2.45) is 0 Å². The molecule has 0 fully saturated rings. The summed E-state index contributed by atoms with van der Waals surface area (Å²) in [5.41, 5.74) is 2.61. The Kier molecular flexibility index (Phi) is 12.2. The Labute approximate surface area is 174 Å². The molecule has 0 unspecified atom stereocenters. The van der Waals surface area contributed by atoms with Crippen LogP contribution in [-0.2, 0) is 27.1 Å². The van der Waals surface area contributed by atoms with E-state index in [-0.39, 0.29) is 60.4 Å². The van der Waals surface area contributed by atoms with Crippen molar-refractivity contribution in [3.05, 3.63) is 60.3 Å². The molecule has 1 aromatic carbocycles. The SMILES string of the molecule is CC(C)(C)c1[c-][nH]c2ccccc12.C[Si](C)=C1[C-]=CC=C1.[Cl-].[Cl-].[Ti+4]. The molecule has 1 aromatic heterocycles. The maximum atomic E-state index is 3.23. The van der Waals surface area contributed by atoms with Crippen LogP contribution in [0, 0.1) is 12.3 Å². The standard InChI is InChI=1S/C12H14N.C7H9Si.2ClH.Ti/c1-12(2,3)10-8-13-11-7-5-4-6-9(10)11;1-8(2)7-5-3-4-6-7;;;/h4-7,13H,1-3H3;3-5H,1-2H3;2*1H;/q2*-1;;;+4/p-2. The van der Waals surface area contributed by atoms with Crippen molar-refractivity contribution in [1.29, 1.82) is 0 Å². The number of nitrogens with one attached hydrogen (secondary N) is 1. The van der Waals surface area contributed by atoms with Crippen LogP contribution in [0.15, 0.2) is 42.5 Å². The number of hydrogen-bond donors (Lipinski definition) is 1. The minimum atomic E-state index is -0.225. The first kappa shape index (κ1) is 25.9. The van der Waals surface area contributed by atoms with E-state index in [4.69, 9.17) is 0 Å². The Morgan fingerprint density at radius 1 is 1.04 bits per heavy atom. The van der Waals surface area contributed by atoms with Crippen molar-refractivity contribution < 1.29 is 46.5 Å². The Hall–Kier alpha value is -0.379. The molecule has 24 heavy (non-hydrogen) atoms. The van der Waals surface area contributed by atoms with Gasteiger partial charge in [0.15, 0.2) is 0 Å². The molecule has 1 aliphatic carbocycles. The molecule has 0 spiro atoms. The van der Waals surface area contributed by atoms with E-state index >= 15 is 0 Å². The maximum Gasteiger partial charge on any atom is 4.00 e. The van der Waals surface area contributed by atoms with E-state index in [1.807, 2.05) is 18.2 Å². The first-order chi connectivity index (χ1) is 9.89. The van der Waals surface area contributed by atoms with E-state index in [1.165, 1.54) is 21.6 Å². The van der Waals surface area contributed by atoms with Crippen LogP contribution in [0.3, 0.4) is 0 Å². The van der Waals surface area contributed by atoms with Crippen LogP contribution >= 0.6 is 0 Å². The number of aromatic nitrogens is 1. The van der Waals surface area contributed by atoms with Gasteiger partial charge in [-0.3, -0.25) is 0 Å². The zero-order valence-electron chi connectivity index (χ0n) is 14.8. The van der Waals surface area contributed by atoms with Crippen molar-refractivity contribution in [3.8, 4) is 0 Å². The summed E-state index contributed by atoms with van der Waals surface area (Å²) in [6.07, 6.45) is 12.6. The number of benzene rings is 1. The van der Waals surface area contributed by atoms with Crippen LogP contribution in [0.25, 0.3) is 10.9 Å². The molecule has 5 heteroatoms. The number of H-pyrrole nitrogens is 1. The second-order valence-corrected chi connectivity index (χ2v) is 9.04. The van der Waals surface area contributed by atoms with E-state index in [0.29, 0.717) is 0 Å². The molecule has 3 rings (SSSR count). The average Bonchev–Trinajstić information content (AvgIpc) is 3.08. The summed E-state index contributed by atoms with van der Waals surface area (Å²) in [6, 6.07) is 8.34. The van der Waals surface area contributed by atoms with Crippen LogP contribution in [0.2, 0.25) is 13.1 Å². The van der Waals surface area contributed by atoms with E-state index in [9.17, 15) is 0 Å². The van der Waals surface area contributed by atoms with Crippen LogP contribution in [0.5, 0.6) is 0 Å². The van der Waals surface area contributed by atoms with Gasteiger partial charge >= 0.3 is 21.7 Å².